The number of cyclic esters (lactones) is 1. The highest BCUT2D eigenvalue weighted by atomic mass is 32.2. The van der Waals surface area contributed by atoms with E-state index in [0.29, 0.717) is 56.5 Å². The lowest BCUT2D eigenvalue weighted by Gasteiger charge is -2.42. The molecule has 3 aliphatic rings. The summed E-state index contributed by atoms with van der Waals surface area (Å²) < 4.78 is 110. The van der Waals surface area contributed by atoms with Gasteiger partial charge in [0.1, 0.15) is 36.6 Å². The van der Waals surface area contributed by atoms with Gasteiger partial charge in [-0.25, -0.2) is 13.3 Å². The average Bonchev–Trinajstić information content (AvgIpc) is 3.81. The number of esters is 1. The summed E-state index contributed by atoms with van der Waals surface area (Å²) in [6.07, 6.45) is -0.591. The normalized spacial score (nSPS) is 36.2. The van der Waals surface area contributed by atoms with E-state index in [4.69, 9.17) is 33.2 Å². The number of hydrogen-bond donors (Lipinski definition) is 3. The zero-order chi connectivity index (χ0) is 54.2. The molecule has 17 nitrogen and oxygen atoms in total. The highest BCUT2D eigenvalue weighted by molar-refractivity contribution is 7.86. The lowest BCUT2D eigenvalue weighted by Crippen LogP contribution is -2.59. The Morgan fingerprint density at radius 1 is 1.00 bits per heavy atom. The van der Waals surface area contributed by atoms with Crippen molar-refractivity contribution in [2.45, 2.75) is 208 Å². The number of nitrogens with zero attached hydrogens (tertiary/aromatic N) is 5. The second-order valence-electron chi connectivity index (χ2n) is 21.6. The number of ether oxygens (including phenoxy) is 7. The summed E-state index contributed by atoms with van der Waals surface area (Å²) >= 11 is 0. The molecule has 73 heavy (non-hydrogen) atoms. The number of carbonyl (C=O) groups excluding carboxylic acids is 1. The minimum absolute atomic E-state index is 0.00225. The quantitative estimate of drug-likeness (QED) is 0.115. The number of benzene rings is 1. The minimum Gasteiger partial charge on any atom is -0.459 e. The monoisotopic (exact) mass is 1070 g/mol. The van der Waals surface area contributed by atoms with E-state index in [-0.39, 0.29) is 56.5 Å². The van der Waals surface area contributed by atoms with Gasteiger partial charge in [0.2, 0.25) is 0 Å². The number of aliphatic hydroxyl groups excluding tert-OH is 1. The van der Waals surface area contributed by atoms with Crippen molar-refractivity contribution in [3.8, 4) is 0 Å². The van der Waals surface area contributed by atoms with Gasteiger partial charge >= 0.3 is 11.5 Å². The van der Waals surface area contributed by atoms with Crippen LogP contribution in [0.25, 0.3) is 0 Å². The first-order valence-corrected chi connectivity index (χ1v) is 26.8. The van der Waals surface area contributed by atoms with E-state index in [1.165, 1.54) is 30.8 Å². The topological polar surface area (TPSA) is 197 Å². The van der Waals surface area contributed by atoms with E-state index in [1.54, 1.807) is 27.2 Å². The lowest BCUT2D eigenvalue weighted by molar-refractivity contribution is -0.261. The molecule has 0 amide bonds. The molecule has 0 saturated carbocycles. The molecular weight excluding hydrogens is 983 g/mol. The van der Waals surface area contributed by atoms with Gasteiger partial charge in [0, 0.05) is 76.2 Å². The van der Waals surface area contributed by atoms with Crippen LogP contribution in [-0.4, -0.2) is 182 Å². The molecule has 22 heteroatoms. The Labute approximate surface area is 431 Å². The van der Waals surface area contributed by atoms with Crippen LogP contribution < -0.4 is 0 Å². The molecule has 1 aromatic heterocycles. The van der Waals surface area contributed by atoms with Crippen LogP contribution in [0.3, 0.4) is 0 Å². The van der Waals surface area contributed by atoms with Crippen LogP contribution in [0.5, 0.6) is 0 Å². The van der Waals surface area contributed by atoms with Gasteiger partial charge in [-0.1, -0.05) is 31.2 Å². The van der Waals surface area contributed by atoms with Gasteiger partial charge < -0.3 is 58.3 Å². The Kier molecular flexibility index (Phi) is 21.8. The molecule has 17 atom stereocenters. The maximum absolute atomic E-state index is 14.6. The number of likely N-dealkylation sites (N-methyl/N-ethyl adjacent to an activating group) is 2. The number of aliphatic hydroxyl groups is 3. The Hall–Kier alpha value is -2.74. The third-order valence-corrected chi connectivity index (χ3v) is 16.5. The van der Waals surface area contributed by atoms with Crippen LogP contribution >= 0.6 is 0 Å². The first-order valence-electron chi connectivity index (χ1n) is 25.6. The number of methoxy groups -OCH3 is 2. The van der Waals surface area contributed by atoms with Crippen LogP contribution in [0.1, 0.15) is 130 Å². The lowest BCUT2D eigenvalue weighted by atomic mass is 9.84. The largest absolute Gasteiger partial charge is 0.475 e. The molecule has 0 bridgehead atoms. The molecule has 4 heterocycles. The van der Waals surface area contributed by atoms with E-state index in [0.717, 1.165) is 12.1 Å². The van der Waals surface area contributed by atoms with Crippen molar-refractivity contribution in [1.82, 2.24) is 24.8 Å². The van der Waals surface area contributed by atoms with Gasteiger partial charge in [0.05, 0.1) is 47.7 Å². The predicted octanol–water partition coefficient (Wildman–Crippen LogP) is 6.44. The summed E-state index contributed by atoms with van der Waals surface area (Å²) in [6, 6.07) is 3.30. The summed E-state index contributed by atoms with van der Waals surface area (Å²) in [5.41, 5.74) is -7.71. The van der Waals surface area contributed by atoms with E-state index in [2.05, 4.69) is 15.2 Å². The van der Waals surface area contributed by atoms with E-state index >= 15 is 0 Å². The molecule has 1 aromatic carbocycles. The SMILES string of the molecule is CC[C@H]1OC(=O)[C@H](C)[C@@H](O[C@H]2C[C@@](C)(OC)C[C@H](C)O2)CC[C@@](O)(CO[C@H]2C[C@@H](N(C)CCc3cn([C@H](CF)[C@H](OC)c4ccc(S(=O)C(F)(F)F)cc4)nn3)C[C@@H](C)O2)C[C@@H](C)CN(C)[C@H](C)[C@@H](O)[C@]1(C)O. The Morgan fingerprint density at radius 3 is 2.29 bits per heavy atom. The average molecular weight is 1070 g/mol. The third-order valence-electron chi connectivity index (χ3n) is 15.3. The molecule has 5 rings (SSSR count). The summed E-state index contributed by atoms with van der Waals surface area (Å²) in [7, 11) is 3.63. The molecule has 418 valence electrons. The first-order chi connectivity index (χ1) is 34.2. The zero-order valence-corrected chi connectivity index (χ0v) is 45.6. The van der Waals surface area contributed by atoms with Crippen molar-refractivity contribution < 1.29 is 75.0 Å². The van der Waals surface area contributed by atoms with Crippen molar-refractivity contribution >= 4 is 16.8 Å². The number of alkyl halides is 4. The van der Waals surface area contributed by atoms with Crippen LogP contribution in [0.15, 0.2) is 35.4 Å². The van der Waals surface area contributed by atoms with Gasteiger partial charge in [-0.3, -0.25) is 4.79 Å². The number of carbonyl (C=O) groups is 1. The maximum Gasteiger partial charge on any atom is 0.475 e. The van der Waals surface area contributed by atoms with E-state index in [9.17, 15) is 41.9 Å². The molecule has 3 aliphatic heterocycles. The molecule has 3 saturated heterocycles. The molecule has 2 aromatic rings. The van der Waals surface area contributed by atoms with Crippen LogP contribution in [0, 0.1) is 11.8 Å². The minimum atomic E-state index is -4.92. The molecule has 3 N–H and O–H groups in total. The van der Waals surface area contributed by atoms with Gasteiger partial charge in [-0.05, 0) is 111 Å². The predicted molar refractivity (Wildman–Crippen MR) is 263 cm³/mol. The summed E-state index contributed by atoms with van der Waals surface area (Å²) in [5, 5.41) is 44.6. The van der Waals surface area contributed by atoms with Crippen molar-refractivity contribution in [3.05, 3.63) is 41.7 Å². The number of halogens is 4. The number of rotatable bonds is 17. The molecule has 0 radical (unpaired) electrons. The second kappa shape index (κ2) is 26.1. The van der Waals surface area contributed by atoms with Crippen LogP contribution in [0.2, 0.25) is 0 Å². The van der Waals surface area contributed by atoms with Gasteiger partial charge in [-0.15, -0.1) is 5.10 Å². The molecule has 3 fully saturated rings. The third kappa shape index (κ3) is 16.2. The highest BCUT2D eigenvalue weighted by Crippen LogP contribution is 2.38. The van der Waals surface area contributed by atoms with Crippen LogP contribution in [-0.2, 0) is 55.2 Å². The fourth-order valence-corrected chi connectivity index (χ4v) is 11.4. The van der Waals surface area contributed by atoms with Gasteiger partial charge in [0.25, 0.3) is 0 Å². The Balaban J connectivity index is 1.29. The first kappa shape index (κ1) is 61.1. The zero-order valence-electron chi connectivity index (χ0n) is 44.8. The highest BCUT2D eigenvalue weighted by Gasteiger charge is 2.47. The van der Waals surface area contributed by atoms with Crippen molar-refractivity contribution in [2.24, 2.45) is 11.8 Å². The second-order valence-corrected chi connectivity index (χ2v) is 23.0. The van der Waals surface area contributed by atoms with Crippen molar-refractivity contribution in [1.29, 1.82) is 0 Å². The number of aromatic nitrogens is 3. The Bertz CT molecular complexity index is 2060. The molecular formula is C51H83F4N5O12S. The smallest absolute Gasteiger partial charge is 0.459 e. The fourth-order valence-electron chi connectivity index (χ4n) is 10.8. The summed E-state index contributed by atoms with van der Waals surface area (Å²) in [5.74, 6) is -1.61. The maximum atomic E-state index is 14.6. The van der Waals surface area contributed by atoms with Gasteiger partial charge in [0.15, 0.2) is 23.4 Å². The molecule has 0 aliphatic carbocycles. The van der Waals surface area contributed by atoms with Crippen molar-refractivity contribution in [2.75, 3.05) is 54.7 Å². The Morgan fingerprint density at radius 2 is 1.67 bits per heavy atom. The van der Waals surface area contributed by atoms with Crippen LogP contribution in [0.4, 0.5) is 17.6 Å². The molecule has 1 unspecified atom stereocenters. The number of hydrogen-bond acceptors (Lipinski definition) is 16. The summed E-state index contributed by atoms with van der Waals surface area (Å²) in [6.45, 7) is 14.7. The summed E-state index contributed by atoms with van der Waals surface area (Å²) in [4.78, 5) is 17.8. The van der Waals surface area contributed by atoms with Gasteiger partial charge in [-0.2, -0.15) is 13.2 Å². The van der Waals surface area contributed by atoms with E-state index < -0.39 is 106 Å². The molecule has 0 spiro atoms. The standard InChI is InChI=1S/C51H83F4N5O12S/c1-13-42-49(8,63)46(61)35(6)59(10)28-31(2)24-50(64,20-18-41(34(5)47(62)72-42)71-44-26-48(7,67-12)25-33(4)70-44)30-68-43-23-38(22-32(3)69-43)58(9)21-19-37-29-60(57-56-37)40(27-52)45(66-11)36-14-16-39(17-15-36)73(65)51(53,54)55/h14-17,29,31-35,38,40-46,61,63-64H,13,18-28,30H2,1-12H3/t31-,32-,33+,34-,35-,38+,40-,41+,42-,43-,44+,45-,46-,48+,49-,50+,73?/m1/s1. The van der Waals surface area contributed by atoms with Crippen molar-refractivity contribution in [3.63, 3.8) is 0 Å². The fraction of sp³-hybridized carbons (Fsp3) is 0.824. The van der Waals surface area contributed by atoms with E-state index in [1.807, 2.05) is 53.6 Å².